The average Bonchev–Trinajstić information content (AvgIpc) is 3.39. The summed E-state index contributed by atoms with van der Waals surface area (Å²) in [5.74, 6) is -1.46. The van der Waals surface area contributed by atoms with Gasteiger partial charge in [-0.25, -0.2) is 4.79 Å². The zero-order valence-corrected chi connectivity index (χ0v) is 23.2. The molecule has 2 rings (SSSR count). The van der Waals surface area contributed by atoms with Crippen molar-refractivity contribution in [2.75, 3.05) is 27.2 Å². The molecule has 0 radical (unpaired) electrons. The van der Waals surface area contributed by atoms with Crippen LogP contribution in [0, 0.1) is 5.92 Å². The second-order valence-corrected chi connectivity index (χ2v) is 10.4. The molecule has 0 saturated carbocycles. The molecule has 4 atom stereocenters. The molecule has 10 nitrogen and oxygen atoms in total. The van der Waals surface area contributed by atoms with Crippen LogP contribution in [0.25, 0.3) is 0 Å². The van der Waals surface area contributed by atoms with Crippen LogP contribution in [-0.2, 0) is 30.3 Å². The Kier molecular flexibility index (Phi) is 13.2. The van der Waals surface area contributed by atoms with Crippen LogP contribution in [0.1, 0.15) is 57.9 Å². The van der Waals surface area contributed by atoms with Crippen LogP contribution in [0.2, 0.25) is 0 Å². The van der Waals surface area contributed by atoms with Crippen LogP contribution in [0.3, 0.4) is 0 Å². The van der Waals surface area contributed by atoms with Gasteiger partial charge in [-0.2, -0.15) is 0 Å². The summed E-state index contributed by atoms with van der Waals surface area (Å²) in [5, 5.41) is 8.71. The molecule has 1 aromatic carbocycles. The van der Waals surface area contributed by atoms with E-state index in [0.717, 1.165) is 24.9 Å². The van der Waals surface area contributed by atoms with Gasteiger partial charge >= 0.3 is 5.97 Å². The van der Waals surface area contributed by atoms with Gasteiger partial charge in [0.25, 0.3) is 0 Å². The van der Waals surface area contributed by atoms with Crippen LogP contribution < -0.4 is 21.7 Å². The van der Waals surface area contributed by atoms with Crippen molar-refractivity contribution in [2.24, 2.45) is 11.7 Å². The fourth-order valence-electron chi connectivity index (χ4n) is 4.74. The SMILES string of the molecule is CNCCCC[C@H](NC(=O)[C@@H]1CCCN1C(=O)[C@H](CC(C)C)NC(=O)[C@@H](N)Cc1ccccc1)C(=O)OC. The first kappa shape index (κ1) is 31.2. The van der Waals surface area contributed by atoms with Crippen molar-refractivity contribution in [1.29, 1.82) is 0 Å². The third-order valence-electron chi connectivity index (χ3n) is 6.77. The lowest BCUT2D eigenvalue weighted by Crippen LogP contribution is -2.57. The Hall–Kier alpha value is -2.98. The van der Waals surface area contributed by atoms with Gasteiger partial charge in [-0.05, 0) is 70.0 Å². The molecule has 1 saturated heterocycles. The molecule has 0 aromatic heterocycles. The van der Waals surface area contributed by atoms with Crippen LogP contribution in [-0.4, -0.2) is 80.0 Å². The normalized spacial score (nSPS) is 17.5. The summed E-state index contributed by atoms with van der Waals surface area (Å²) in [5.41, 5.74) is 7.10. The van der Waals surface area contributed by atoms with Gasteiger partial charge < -0.3 is 31.3 Å². The Labute approximate surface area is 226 Å². The largest absolute Gasteiger partial charge is 0.467 e. The number of amides is 3. The molecule has 1 fully saturated rings. The molecule has 5 N–H and O–H groups in total. The van der Waals surface area contributed by atoms with Crippen molar-refractivity contribution >= 4 is 23.7 Å². The minimum Gasteiger partial charge on any atom is -0.467 e. The van der Waals surface area contributed by atoms with E-state index in [1.165, 1.54) is 12.0 Å². The topological polar surface area (TPSA) is 143 Å². The average molecular weight is 532 g/mol. The van der Waals surface area contributed by atoms with E-state index >= 15 is 0 Å². The van der Waals surface area contributed by atoms with E-state index < -0.39 is 36.0 Å². The summed E-state index contributed by atoms with van der Waals surface area (Å²) in [7, 11) is 3.15. The lowest BCUT2D eigenvalue weighted by Gasteiger charge is -2.30. The van der Waals surface area contributed by atoms with Crippen LogP contribution in [0.4, 0.5) is 0 Å². The van der Waals surface area contributed by atoms with Gasteiger partial charge in [0, 0.05) is 6.54 Å². The smallest absolute Gasteiger partial charge is 0.328 e. The molecular weight excluding hydrogens is 486 g/mol. The predicted octanol–water partition coefficient (Wildman–Crippen LogP) is 1.13. The number of benzene rings is 1. The second-order valence-electron chi connectivity index (χ2n) is 10.4. The van der Waals surface area contributed by atoms with E-state index in [0.29, 0.717) is 38.6 Å². The number of unbranched alkanes of at least 4 members (excludes halogenated alkanes) is 1. The Morgan fingerprint density at radius 2 is 1.79 bits per heavy atom. The molecule has 38 heavy (non-hydrogen) atoms. The number of ether oxygens (including phenoxy) is 1. The first-order chi connectivity index (χ1) is 18.2. The number of carbonyl (C=O) groups is 4. The van der Waals surface area contributed by atoms with Gasteiger partial charge in [-0.3, -0.25) is 14.4 Å². The number of nitrogens with zero attached hydrogens (tertiary/aromatic N) is 1. The van der Waals surface area contributed by atoms with E-state index in [1.54, 1.807) is 0 Å². The van der Waals surface area contributed by atoms with Crippen molar-refractivity contribution in [3.63, 3.8) is 0 Å². The zero-order valence-electron chi connectivity index (χ0n) is 23.2. The number of likely N-dealkylation sites (tertiary alicyclic amines) is 1. The summed E-state index contributed by atoms with van der Waals surface area (Å²) in [6.45, 7) is 5.16. The molecule has 1 aliphatic heterocycles. The van der Waals surface area contributed by atoms with Crippen LogP contribution in [0.15, 0.2) is 30.3 Å². The minimum absolute atomic E-state index is 0.130. The number of nitrogens with one attached hydrogen (secondary N) is 3. The molecule has 10 heteroatoms. The van der Waals surface area contributed by atoms with Gasteiger partial charge in [0.15, 0.2) is 0 Å². The minimum atomic E-state index is -0.804. The predicted molar refractivity (Wildman–Crippen MR) is 146 cm³/mol. The first-order valence-corrected chi connectivity index (χ1v) is 13.6. The van der Waals surface area contributed by atoms with Gasteiger partial charge in [0.05, 0.1) is 13.2 Å². The Morgan fingerprint density at radius 3 is 2.42 bits per heavy atom. The summed E-state index contributed by atoms with van der Waals surface area (Å²) >= 11 is 0. The maximum absolute atomic E-state index is 13.6. The van der Waals surface area contributed by atoms with Gasteiger partial charge in [0.2, 0.25) is 17.7 Å². The highest BCUT2D eigenvalue weighted by Gasteiger charge is 2.39. The summed E-state index contributed by atoms with van der Waals surface area (Å²) in [6.07, 6.45) is 3.96. The Bertz CT molecular complexity index is 910. The molecule has 1 heterocycles. The molecule has 3 amide bonds. The number of hydrogen-bond donors (Lipinski definition) is 4. The van der Waals surface area contributed by atoms with E-state index in [4.69, 9.17) is 10.5 Å². The van der Waals surface area contributed by atoms with Gasteiger partial charge in [-0.1, -0.05) is 44.2 Å². The van der Waals surface area contributed by atoms with Crippen molar-refractivity contribution in [2.45, 2.75) is 83.0 Å². The first-order valence-electron chi connectivity index (χ1n) is 13.6. The molecule has 0 aliphatic carbocycles. The van der Waals surface area contributed by atoms with E-state index in [-0.39, 0.29) is 17.7 Å². The molecule has 1 aliphatic rings. The second kappa shape index (κ2) is 16.1. The Morgan fingerprint density at radius 1 is 1.08 bits per heavy atom. The van der Waals surface area contributed by atoms with Crippen molar-refractivity contribution in [1.82, 2.24) is 20.9 Å². The third kappa shape index (κ3) is 9.72. The highest BCUT2D eigenvalue weighted by Crippen LogP contribution is 2.21. The lowest BCUT2D eigenvalue weighted by molar-refractivity contribution is -0.147. The monoisotopic (exact) mass is 531 g/mol. The number of rotatable bonds is 15. The molecule has 212 valence electrons. The quantitative estimate of drug-likeness (QED) is 0.196. The highest BCUT2D eigenvalue weighted by atomic mass is 16.5. The lowest BCUT2D eigenvalue weighted by atomic mass is 10.0. The molecule has 0 bridgehead atoms. The Balaban J connectivity index is 2.07. The van der Waals surface area contributed by atoms with Gasteiger partial charge in [-0.15, -0.1) is 0 Å². The van der Waals surface area contributed by atoms with Crippen LogP contribution >= 0.6 is 0 Å². The van der Waals surface area contributed by atoms with Crippen molar-refractivity contribution < 1.29 is 23.9 Å². The number of methoxy groups -OCH3 is 1. The third-order valence-corrected chi connectivity index (χ3v) is 6.77. The number of nitrogens with two attached hydrogens (primary N) is 1. The summed E-state index contributed by atoms with van der Waals surface area (Å²) in [4.78, 5) is 53.6. The number of esters is 1. The standard InChI is InChI=1S/C28H45N5O5/c1-19(2)17-23(32-25(34)21(29)18-20-11-6-5-7-12-20)27(36)33-16-10-14-24(33)26(35)31-22(28(37)38-4)13-8-9-15-30-3/h5-7,11-12,19,21-24,30H,8-10,13-18,29H2,1-4H3,(H,31,35)(H,32,34)/t21-,22-,23-,24-/m0/s1. The maximum Gasteiger partial charge on any atom is 0.328 e. The van der Waals surface area contributed by atoms with E-state index in [9.17, 15) is 19.2 Å². The van der Waals surface area contributed by atoms with Crippen LogP contribution in [0.5, 0.6) is 0 Å². The number of carbonyl (C=O) groups excluding carboxylic acids is 4. The highest BCUT2D eigenvalue weighted by molar-refractivity contribution is 5.94. The molecule has 0 spiro atoms. The summed E-state index contributed by atoms with van der Waals surface area (Å²) < 4.78 is 4.89. The summed E-state index contributed by atoms with van der Waals surface area (Å²) in [6, 6.07) is 6.39. The number of hydrogen-bond acceptors (Lipinski definition) is 7. The van der Waals surface area contributed by atoms with E-state index in [2.05, 4.69) is 16.0 Å². The molecular formula is C28H45N5O5. The maximum atomic E-state index is 13.6. The van der Waals surface area contributed by atoms with Crippen molar-refractivity contribution in [3.05, 3.63) is 35.9 Å². The molecule has 1 aromatic rings. The fourth-order valence-corrected chi connectivity index (χ4v) is 4.74. The zero-order chi connectivity index (χ0) is 28.1. The van der Waals surface area contributed by atoms with Gasteiger partial charge in [0.1, 0.15) is 18.1 Å². The fraction of sp³-hybridized carbons (Fsp3) is 0.643. The molecule has 0 unspecified atom stereocenters. The van der Waals surface area contributed by atoms with Crippen molar-refractivity contribution in [3.8, 4) is 0 Å². The van der Waals surface area contributed by atoms with E-state index in [1.807, 2.05) is 51.2 Å².